The average molecular weight is 290 g/mol. The Labute approximate surface area is 127 Å². The smallest absolute Gasteiger partial charge is 0.255 e. The Bertz CT molecular complexity index is 475. The molecule has 0 saturated carbocycles. The van der Waals surface area contributed by atoms with Gasteiger partial charge in [-0.1, -0.05) is 6.92 Å². The van der Waals surface area contributed by atoms with Crippen molar-refractivity contribution in [2.45, 2.75) is 19.8 Å². The third-order valence-electron chi connectivity index (χ3n) is 3.83. The van der Waals surface area contributed by atoms with Crippen molar-refractivity contribution in [3.05, 3.63) is 23.9 Å². The van der Waals surface area contributed by atoms with Crippen molar-refractivity contribution >= 4 is 11.7 Å². The van der Waals surface area contributed by atoms with E-state index < -0.39 is 0 Å². The van der Waals surface area contributed by atoms with Crippen LogP contribution in [0.4, 0.5) is 5.82 Å². The van der Waals surface area contributed by atoms with Crippen LogP contribution >= 0.6 is 0 Å². The van der Waals surface area contributed by atoms with Crippen molar-refractivity contribution in [1.29, 1.82) is 0 Å². The molecular weight excluding hydrogens is 264 g/mol. The van der Waals surface area contributed by atoms with E-state index in [0.717, 1.165) is 25.5 Å². The molecule has 1 atom stereocenters. The van der Waals surface area contributed by atoms with Crippen LogP contribution in [0.5, 0.6) is 0 Å². The molecule has 1 aromatic heterocycles. The normalized spacial score (nSPS) is 18.9. The van der Waals surface area contributed by atoms with Crippen molar-refractivity contribution in [2.24, 2.45) is 5.92 Å². The van der Waals surface area contributed by atoms with Gasteiger partial charge in [-0.25, -0.2) is 4.98 Å². The molecule has 0 radical (unpaired) electrons. The largest absolute Gasteiger partial charge is 0.356 e. The van der Waals surface area contributed by atoms with Crippen molar-refractivity contribution in [3.8, 4) is 0 Å². The van der Waals surface area contributed by atoms with Gasteiger partial charge in [0.1, 0.15) is 5.82 Å². The highest BCUT2D eigenvalue weighted by Crippen LogP contribution is 2.24. The SMILES string of the molecule is CC1CCCN(c2ncccc2C(=O)NCCN(C)C)C1. The summed E-state index contributed by atoms with van der Waals surface area (Å²) in [5.41, 5.74) is 0.686. The number of pyridine rings is 1. The third kappa shape index (κ3) is 4.43. The summed E-state index contributed by atoms with van der Waals surface area (Å²) in [6, 6.07) is 3.70. The van der Waals surface area contributed by atoms with E-state index in [-0.39, 0.29) is 5.91 Å². The Kier molecular flexibility index (Phi) is 5.56. The first-order chi connectivity index (χ1) is 10.1. The molecule has 1 N–H and O–H groups in total. The molecule has 1 aromatic rings. The van der Waals surface area contributed by atoms with E-state index in [1.165, 1.54) is 12.8 Å². The molecule has 1 amide bonds. The third-order valence-corrected chi connectivity index (χ3v) is 3.83. The van der Waals surface area contributed by atoms with Crippen LogP contribution in [-0.4, -0.2) is 56.1 Å². The molecule has 5 nitrogen and oxygen atoms in total. The fourth-order valence-electron chi connectivity index (χ4n) is 2.70. The summed E-state index contributed by atoms with van der Waals surface area (Å²) < 4.78 is 0. The van der Waals surface area contributed by atoms with E-state index in [9.17, 15) is 4.79 Å². The van der Waals surface area contributed by atoms with Crippen molar-refractivity contribution in [1.82, 2.24) is 15.2 Å². The maximum absolute atomic E-state index is 12.4. The molecule has 1 fully saturated rings. The number of piperidine rings is 1. The van der Waals surface area contributed by atoms with Crippen LogP contribution in [0, 0.1) is 5.92 Å². The first-order valence-electron chi connectivity index (χ1n) is 7.71. The summed E-state index contributed by atoms with van der Waals surface area (Å²) >= 11 is 0. The van der Waals surface area contributed by atoms with Gasteiger partial charge in [-0.15, -0.1) is 0 Å². The lowest BCUT2D eigenvalue weighted by molar-refractivity contribution is 0.0951. The van der Waals surface area contributed by atoms with Gasteiger partial charge in [0, 0.05) is 32.4 Å². The standard InChI is InChI=1S/C16H26N4O/c1-13-6-5-10-20(12-13)15-14(7-4-8-17-15)16(21)18-9-11-19(2)3/h4,7-8,13H,5-6,9-12H2,1-3H3,(H,18,21). The van der Waals surface area contributed by atoms with Gasteiger partial charge < -0.3 is 15.1 Å². The van der Waals surface area contributed by atoms with Crippen LogP contribution in [-0.2, 0) is 0 Å². The molecule has 1 saturated heterocycles. The lowest BCUT2D eigenvalue weighted by atomic mass is 10.00. The van der Waals surface area contributed by atoms with Gasteiger partial charge in [0.2, 0.25) is 0 Å². The van der Waals surface area contributed by atoms with Gasteiger partial charge in [-0.05, 0) is 45.0 Å². The van der Waals surface area contributed by atoms with E-state index in [1.807, 2.05) is 26.2 Å². The van der Waals surface area contributed by atoms with E-state index in [2.05, 4.69) is 27.0 Å². The first kappa shape index (κ1) is 15.8. The molecule has 1 aliphatic rings. The molecule has 0 aliphatic carbocycles. The number of aromatic nitrogens is 1. The quantitative estimate of drug-likeness (QED) is 0.895. The number of nitrogens with one attached hydrogen (secondary N) is 1. The predicted octanol–water partition coefficient (Wildman–Crippen LogP) is 1.61. The number of likely N-dealkylation sites (N-methyl/N-ethyl adjacent to an activating group) is 1. The summed E-state index contributed by atoms with van der Waals surface area (Å²) in [6.07, 6.45) is 4.19. The molecule has 116 valence electrons. The van der Waals surface area contributed by atoms with Crippen molar-refractivity contribution < 1.29 is 4.79 Å². The van der Waals surface area contributed by atoms with Crippen molar-refractivity contribution in [2.75, 3.05) is 45.2 Å². The number of hydrogen-bond donors (Lipinski definition) is 1. The summed E-state index contributed by atoms with van der Waals surface area (Å²) in [4.78, 5) is 21.1. The molecule has 21 heavy (non-hydrogen) atoms. The molecular formula is C16H26N4O. The highest BCUT2D eigenvalue weighted by atomic mass is 16.1. The second-order valence-corrected chi connectivity index (χ2v) is 6.13. The maximum atomic E-state index is 12.4. The zero-order valence-electron chi connectivity index (χ0n) is 13.3. The van der Waals surface area contributed by atoms with Crippen LogP contribution in [0.15, 0.2) is 18.3 Å². The van der Waals surface area contributed by atoms with Crippen LogP contribution in [0.2, 0.25) is 0 Å². The summed E-state index contributed by atoms with van der Waals surface area (Å²) in [5, 5.41) is 2.97. The number of rotatable bonds is 5. The minimum Gasteiger partial charge on any atom is -0.356 e. The minimum atomic E-state index is -0.0295. The van der Waals surface area contributed by atoms with Crippen LogP contribution in [0.25, 0.3) is 0 Å². The topological polar surface area (TPSA) is 48.5 Å². The lowest BCUT2D eigenvalue weighted by Crippen LogP contribution is -2.37. The Hall–Kier alpha value is -1.62. The van der Waals surface area contributed by atoms with Crippen molar-refractivity contribution in [3.63, 3.8) is 0 Å². The Morgan fingerprint density at radius 2 is 2.33 bits per heavy atom. The van der Waals surface area contributed by atoms with Gasteiger partial charge in [0.15, 0.2) is 0 Å². The van der Waals surface area contributed by atoms with E-state index in [1.54, 1.807) is 6.20 Å². The van der Waals surface area contributed by atoms with E-state index in [0.29, 0.717) is 18.0 Å². The van der Waals surface area contributed by atoms with Crippen LogP contribution < -0.4 is 10.2 Å². The van der Waals surface area contributed by atoms with Gasteiger partial charge in [-0.3, -0.25) is 4.79 Å². The van der Waals surface area contributed by atoms with Gasteiger partial charge in [-0.2, -0.15) is 0 Å². The molecule has 0 bridgehead atoms. The van der Waals surface area contributed by atoms with E-state index in [4.69, 9.17) is 0 Å². The summed E-state index contributed by atoms with van der Waals surface area (Å²) in [5.74, 6) is 1.45. The second kappa shape index (κ2) is 7.41. The van der Waals surface area contributed by atoms with Gasteiger partial charge in [0.05, 0.1) is 5.56 Å². The number of anilines is 1. The highest BCUT2D eigenvalue weighted by Gasteiger charge is 2.22. The molecule has 2 heterocycles. The maximum Gasteiger partial charge on any atom is 0.255 e. The Balaban J connectivity index is 2.07. The summed E-state index contributed by atoms with van der Waals surface area (Å²) in [7, 11) is 3.99. The fourth-order valence-corrected chi connectivity index (χ4v) is 2.70. The molecule has 0 spiro atoms. The number of nitrogens with zero attached hydrogens (tertiary/aromatic N) is 3. The van der Waals surface area contributed by atoms with Crippen LogP contribution in [0.3, 0.4) is 0 Å². The first-order valence-corrected chi connectivity index (χ1v) is 7.71. The number of amides is 1. The molecule has 0 aromatic carbocycles. The fraction of sp³-hybridized carbons (Fsp3) is 0.625. The Morgan fingerprint density at radius 1 is 1.52 bits per heavy atom. The second-order valence-electron chi connectivity index (χ2n) is 6.13. The molecule has 2 rings (SSSR count). The number of hydrogen-bond acceptors (Lipinski definition) is 4. The monoisotopic (exact) mass is 290 g/mol. The number of carbonyl (C=O) groups is 1. The molecule has 5 heteroatoms. The van der Waals surface area contributed by atoms with Gasteiger partial charge in [0.25, 0.3) is 5.91 Å². The highest BCUT2D eigenvalue weighted by molar-refractivity contribution is 5.98. The Morgan fingerprint density at radius 3 is 3.05 bits per heavy atom. The molecule has 1 unspecified atom stereocenters. The van der Waals surface area contributed by atoms with E-state index >= 15 is 0 Å². The zero-order chi connectivity index (χ0) is 15.2. The number of carbonyl (C=O) groups excluding carboxylic acids is 1. The molecule has 1 aliphatic heterocycles. The zero-order valence-corrected chi connectivity index (χ0v) is 13.3. The lowest BCUT2D eigenvalue weighted by Gasteiger charge is -2.32. The average Bonchev–Trinajstić information content (AvgIpc) is 2.47. The van der Waals surface area contributed by atoms with Gasteiger partial charge >= 0.3 is 0 Å². The van der Waals surface area contributed by atoms with Crippen LogP contribution in [0.1, 0.15) is 30.1 Å². The summed E-state index contributed by atoms with van der Waals surface area (Å²) in [6.45, 7) is 5.71. The predicted molar refractivity (Wildman–Crippen MR) is 85.7 cm³/mol. The minimum absolute atomic E-state index is 0.0295.